The van der Waals surface area contributed by atoms with Gasteiger partial charge in [0.25, 0.3) is 5.91 Å². The number of furan rings is 2. The number of carbonyl (C=O) groups is 1. The molecule has 0 unspecified atom stereocenters. The van der Waals surface area contributed by atoms with E-state index in [0.29, 0.717) is 46.9 Å². The second-order valence-electron chi connectivity index (χ2n) is 7.65. The first kappa shape index (κ1) is 21.9. The van der Waals surface area contributed by atoms with Crippen LogP contribution in [0.2, 0.25) is 5.02 Å². The Bertz CT molecular complexity index is 1270. The molecule has 2 N–H and O–H groups in total. The molecule has 1 amide bonds. The lowest BCUT2D eigenvalue weighted by Crippen LogP contribution is -2.29. The van der Waals surface area contributed by atoms with Crippen LogP contribution in [0.5, 0.6) is 0 Å². The number of aryl methyl sites for hydroxylation is 2. The van der Waals surface area contributed by atoms with Crippen LogP contribution < -0.4 is 10.7 Å². The van der Waals surface area contributed by atoms with Crippen LogP contribution in [0.25, 0.3) is 11.1 Å². The minimum absolute atomic E-state index is 0.0505. The maximum Gasteiger partial charge on any atom is 0.257 e. The number of hydrogen-bond donors (Lipinski definition) is 2. The third-order valence-electron chi connectivity index (χ3n) is 5.28. The van der Waals surface area contributed by atoms with Crippen LogP contribution in [0.15, 0.2) is 68.6 Å². The van der Waals surface area contributed by atoms with Crippen molar-refractivity contribution in [2.24, 2.45) is 7.05 Å². The van der Waals surface area contributed by atoms with Gasteiger partial charge in [0.1, 0.15) is 23.2 Å². The molecule has 0 spiro atoms. The predicted molar refractivity (Wildman–Crippen MR) is 121 cm³/mol. The number of aliphatic hydroxyl groups excluding tert-OH is 1. The third-order valence-corrected chi connectivity index (χ3v) is 5.53. The van der Waals surface area contributed by atoms with Crippen molar-refractivity contribution in [3.05, 3.63) is 92.8 Å². The van der Waals surface area contributed by atoms with Gasteiger partial charge in [0.05, 0.1) is 11.6 Å². The molecule has 0 saturated carbocycles. The van der Waals surface area contributed by atoms with Crippen LogP contribution in [0, 0.1) is 0 Å². The Morgan fingerprint density at radius 3 is 2.75 bits per heavy atom. The fourth-order valence-electron chi connectivity index (χ4n) is 3.57. The number of carbonyl (C=O) groups excluding carboxylic acids is 1. The first-order chi connectivity index (χ1) is 15.4. The van der Waals surface area contributed by atoms with Gasteiger partial charge in [0.2, 0.25) is 11.1 Å². The van der Waals surface area contributed by atoms with E-state index in [-0.39, 0.29) is 17.5 Å². The number of nitrogens with one attached hydrogen (secondary N) is 1. The van der Waals surface area contributed by atoms with E-state index in [1.54, 1.807) is 41.9 Å². The first-order valence-electron chi connectivity index (χ1n) is 10.3. The Labute approximate surface area is 189 Å². The lowest BCUT2D eigenvalue weighted by Gasteiger charge is -2.07. The van der Waals surface area contributed by atoms with Gasteiger partial charge in [-0.05, 0) is 48.7 Å². The Kier molecular flexibility index (Phi) is 6.48. The van der Waals surface area contributed by atoms with E-state index in [1.165, 1.54) is 12.5 Å². The zero-order chi connectivity index (χ0) is 22.7. The standard InChI is InChI=1S/C24H23ClN2O5/c1-27-14-19(23(30)26-13-15-7-9-16(25)10-8-15)22(29)18-12-17(32-24(18)27)4-2-5-20(28)21-6-3-11-31-21/h3,6-12,14,20,28H,2,4-5,13H2,1H3,(H,26,30)/t20-/m0/s1. The summed E-state index contributed by atoms with van der Waals surface area (Å²) in [4.78, 5) is 25.6. The van der Waals surface area contributed by atoms with Gasteiger partial charge in [0.15, 0.2) is 0 Å². The van der Waals surface area contributed by atoms with Gasteiger partial charge in [-0.2, -0.15) is 0 Å². The monoisotopic (exact) mass is 454 g/mol. The summed E-state index contributed by atoms with van der Waals surface area (Å²) < 4.78 is 12.7. The molecular weight excluding hydrogens is 432 g/mol. The lowest BCUT2D eigenvalue weighted by molar-refractivity contribution is 0.0949. The van der Waals surface area contributed by atoms with E-state index in [0.717, 1.165) is 5.56 Å². The second kappa shape index (κ2) is 9.46. The molecule has 3 aromatic heterocycles. The van der Waals surface area contributed by atoms with Gasteiger partial charge in [-0.25, -0.2) is 0 Å². The average Bonchev–Trinajstić information content (AvgIpc) is 3.46. The van der Waals surface area contributed by atoms with Gasteiger partial charge in [-0.3, -0.25) is 9.59 Å². The highest BCUT2D eigenvalue weighted by Crippen LogP contribution is 2.22. The molecule has 1 atom stereocenters. The minimum Gasteiger partial charge on any atom is -0.467 e. The lowest BCUT2D eigenvalue weighted by atomic mass is 10.1. The molecule has 0 aliphatic rings. The SMILES string of the molecule is Cn1cc(C(=O)NCc2ccc(Cl)cc2)c(=O)c2cc(CCC[C@H](O)c3ccco3)oc21. The maximum atomic E-state index is 12.9. The van der Waals surface area contributed by atoms with Crippen LogP contribution in [0.3, 0.4) is 0 Å². The number of rotatable bonds is 8. The number of nitrogens with zero attached hydrogens (tertiary/aromatic N) is 1. The Morgan fingerprint density at radius 2 is 2.03 bits per heavy atom. The molecular formula is C24H23ClN2O5. The molecule has 8 heteroatoms. The summed E-state index contributed by atoms with van der Waals surface area (Å²) in [6, 6.07) is 12.3. The van der Waals surface area contributed by atoms with Crippen LogP contribution >= 0.6 is 11.6 Å². The summed E-state index contributed by atoms with van der Waals surface area (Å²) in [5.74, 6) is 0.696. The smallest absolute Gasteiger partial charge is 0.257 e. The van der Waals surface area contributed by atoms with Crippen molar-refractivity contribution in [2.75, 3.05) is 0 Å². The van der Waals surface area contributed by atoms with Gasteiger partial charge in [0, 0.05) is 31.2 Å². The van der Waals surface area contributed by atoms with Crippen LogP contribution in [0.1, 0.15) is 46.4 Å². The predicted octanol–water partition coefficient (Wildman–Crippen LogP) is 4.36. The number of fused-ring (bicyclic) bond motifs is 1. The summed E-state index contributed by atoms with van der Waals surface area (Å²) in [7, 11) is 1.73. The van der Waals surface area contributed by atoms with Crippen LogP contribution in [-0.2, 0) is 20.0 Å². The summed E-state index contributed by atoms with van der Waals surface area (Å²) in [6.45, 7) is 0.284. The largest absolute Gasteiger partial charge is 0.467 e. The zero-order valence-electron chi connectivity index (χ0n) is 17.5. The van der Waals surface area contributed by atoms with Crippen molar-refractivity contribution in [1.29, 1.82) is 0 Å². The maximum absolute atomic E-state index is 12.9. The molecule has 4 aromatic rings. The molecule has 1 aromatic carbocycles. The van der Waals surface area contributed by atoms with Gasteiger partial charge in [-0.1, -0.05) is 23.7 Å². The van der Waals surface area contributed by atoms with Crippen LogP contribution in [0.4, 0.5) is 0 Å². The molecule has 7 nitrogen and oxygen atoms in total. The quantitative estimate of drug-likeness (QED) is 0.412. The van der Waals surface area contributed by atoms with Crippen LogP contribution in [-0.4, -0.2) is 15.6 Å². The molecule has 0 aliphatic heterocycles. The van der Waals surface area contributed by atoms with Crippen molar-refractivity contribution >= 4 is 28.6 Å². The average molecular weight is 455 g/mol. The molecule has 32 heavy (non-hydrogen) atoms. The normalized spacial score (nSPS) is 12.2. The minimum atomic E-state index is -0.684. The van der Waals surface area contributed by atoms with E-state index in [2.05, 4.69) is 5.32 Å². The Morgan fingerprint density at radius 1 is 1.25 bits per heavy atom. The van der Waals surface area contributed by atoms with Crippen molar-refractivity contribution < 1.29 is 18.7 Å². The van der Waals surface area contributed by atoms with E-state index >= 15 is 0 Å². The molecule has 0 bridgehead atoms. The first-order valence-corrected chi connectivity index (χ1v) is 10.7. The van der Waals surface area contributed by atoms with Crippen molar-refractivity contribution in [3.63, 3.8) is 0 Å². The number of amides is 1. The van der Waals surface area contributed by atoms with E-state index in [4.69, 9.17) is 20.4 Å². The highest BCUT2D eigenvalue weighted by Gasteiger charge is 2.18. The fraction of sp³-hybridized carbons (Fsp3) is 0.250. The number of hydrogen-bond acceptors (Lipinski definition) is 5. The van der Waals surface area contributed by atoms with Crippen molar-refractivity contribution in [1.82, 2.24) is 9.88 Å². The summed E-state index contributed by atoms with van der Waals surface area (Å²) in [5, 5.41) is 13.9. The number of pyridine rings is 1. The van der Waals surface area contributed by atoms with Gasteiger partial charge in [-0.15, -0.1) is 0 Å². The molecule has 4 rings (SSSR count). The highest BCUT2D eigenvalue weighted by molar-refractivity contribution is 6.30. The van der Waals surface area contributed by atoms with E-state index in [1.807, 2.05) is 12.1 Å². The topological polar surface area (TPSA) is 97.6 Å². The molecule has 0 saturated heterocycles. The van der Waals surface area contributed by atoms with Gasteiger partial charge >= 0.3 is 0 Å². The fourth-order valence-corrected chi connectivity index (χ4v) is 3.70. The highest BCUT2D eigenvalue weighted by atomic mass is 35.5. The molecule has 166 valence electrons. The van der Waals surface area contributed by atoms with Crippen molar-refractivity contribution in [2.45, 2.75) is 31.9 Å². The number of halogens is 1. The number of aromatic nitrogens is 1. The Balaban J connectivity index is 1.45. The summed E-state index contributed by atoms with van der Waals surface area (Å²) in [5.41, 5.74) is 0.959. The van der Waals surface area contributed by atoms with Crippen molar-refractivity contribution in [3.8, 4) is 0 Å². The third kappa shape index (κ3) is 4.79. The zero-order valence-corrected chi connectivity index (χ0v) is 18.3. The number of aliphatic hydroxyl groups is 1. The second-order valence-corrected chi connectivity index (χ2v) is 8.08. The van der Waals surface area contributed by atoms with Gasteiger partial charge < -0.3 is 23.8 Å². The molecule has 0 radical (unpaired) electrons. The molecule has 0 fully saturated rings. The molecule has 0 aliphatic carbocycles. The number of benzene rings is 1. The molecule has 3 heterocycles. The summed E-state index contributed by atoms with van der Waals surface area (Å²) >= 11 is 5.88. The Hall–Kier alpha value is -3.29. The van der Waals surface area contributed by atoms with E-state index in [9.17, 15) is 14.7 Å². The van der Waals surface area contributed by atoms with E-state index < -0.39 is 12.0 Å². The summed E-state index contributed by atoms with van der Waals surface area (Å²) in [6.07, 6.45) is 4.01.